The van der Waals surface area contributed by atoms with Crippen molar-refractivity contribution in [3.8, 4) is 0 Å². The molecule has 3 aromatic carbocycles. The van der Waals surface area contributed by atoms with Crippen molar-refractivity contribution in [2.24, 2.45) is 0 Å². The zero-order chi connectivity index (χ0) is 26.3. The number of hydrogen-bond acceptors (Lipinski definition) is 4. The van der Waals surface area contributed by atoms with E-state index in [0.717, 1.165) is 38.3 Å². The first kappa shape index (κ1) is 27.3. The van der Waals surface area contributed by atoms with E-state index in [1.165, 1.54) is 24.1 Å². The molecule has 7 nitrogen and oxygen atoms in total. The summed E-state index contributed by atoms with van der Waals surface area (Å²) in [5, 5.41) is 2.62. The van der Waals surface area contributed by atoms with E-state index in [-0.39, 0.29) is 24.6 Å². The molecule has 0 heterocycles. The van der Waals surface area contributed by atoms with Crippen molar-refractivity contribution in [2.75, 3.05) is 24.2 Å². The number of carbonyl (C=O) groups is 2. The Morgan fingerprint density at radius 2 is 1.61 bits per heavy atom. The summed E-state index contributed by atoms with van der Waals surface area (Å²) in [5.41, 5.74) is 1.75. The predicted octanol–water partition coefficient (Wildman–Crippen LogP) is 3.74. The van der Waals surface area contributed by atoms with Gasteiger partial charge in [-0.3, -0.25) is 13.9 Å². The normalized spacial score (nSPS) is 12.0. The molecule has 0 spiro atoms. The van der Waals surface area contributed by atoms with Crippen molar-refractivity contribution in [2.45, 2.75) is 19.0 Å². The van der Waals surface area contributed by atoms with E-state index >= 15 is 0 Å². The van der Waals surface area contributed by atoms with Crippen LogP contribution in [0.25, 0.3) is 0 Å². The maximum absolute atomic E-state index is 13.7. The fraction of sp³-hybridized carbons (Fsp3) is 0.231. The highest BCUT2D eigenvalue weighted by molar-refractivity contribution is 9.10. The average molecular weight is 576 g/mol. The summed E-state index contributed by atoms with van der Waals surface area (Å²) in [7, 11) is -2.40. The minimum absolute atomic E-state index is 0.0736. The van der Waals surface area contributed by atoms with Crippen molar-refractivity contribution in [1.82, 2.24) is 10.2 Å². The van der Waals surface area contributed by atoms with Crippen LogP contribution in [0, 0.1) is 5.82 Å². The molecule has 0 fully saturated rings. The number of nitrogens with one attached hydrogen (secondary N) is 1. The van der Waals surface area contributed by atoms with Gasteiger partial charge < -0.3 is 10.2 Å². The van der Waals surface area contributed by atoms with Crippen LogP contribution in [0.3, 0.4) is 0 Å². The predicted molar refractivity (Wildman–Crippen MR) is 141 cm³/mol. The number of amides is 2. The molecule has 2 amide bonds. The fourth-order valence-corrected chi connectivity index (χ4v) is 5.07. The molecule has 0 aromatic heterocycles. The Morgan fingerprint density at radius 1 is 0.972 bits per heavy atom. The second kappa shape index (κ2) is 12.1. The third-order valence-electron chi connectivity index (χ3n) is 5.55. The Morgan fingerprint density at radius 3 is 2.19 bits per heavy atom. The van der Waals surface area contributed by atoms with Crippen LogP contribution in [0.2, 0.25) is 0 Å². The van der Waals surface area contributed by atoms with Crippen LogP contribution in [-0.4, -0.2) is 51.0 Å². The molecule has 0 aliphatic carbocycles. The molecule has 0 bridgehead atoms. The molecule has 3 rings (SSSR count). The van der Waals surface area contributed by atoms with Crippen LogP contribution in [0.15, 0.2) is 83.3 Å². The first-order chi connectivity index (χ1) is 17.1. The quantitative estimate of drug-likeness (QED) is 0.399. The van der Waals surface area contributed by atoms with Crippen LogP contribution >= 0.6 is 15.9 Å². The van der Waals surface area contributed by atoms with E-state index in [4.69, 9.17) is 0 Å². The maximum atomic E-state index is 13.7. The minimum atomic E-state index is -3.89. The molecule has 0 radical (unpaired) electrons. The van der Waals surface area contributed by atoms with Gasteiger partial charge in [0.1, 0.15) is 18.4 Å². The lowest BCUT2D eigenvalue weighted by Gasteiger charge is -2.33. The molecular weight excluding hydrogens is 549 g/mol. The van der Waals surface area contributed by atoms with Crippen molar-refractivity contribution in [3.63, 3.8) is 0 Å². The summed E-state index contributed by atoms with van der Waals surface area (Å²) in [6.45, 7) is -0.481. The second-order valence-electron chi connectivity index (χ2n) is 8.22. The summed E-state index contributed by atoms with van der Waals surface area (Å²) in [6, 6.07) is 20.5. The zero-order valence-corrected chi connectivity index (χ0v) is 22.3. The Labute approximate surface area is 219 Å². The lowest BCUT2D eigenvalue weighted by Crippen LogP contribution is -2.52. The van der Waals surface area contributed by atoms with Gasteiger partial charge in [-0.15, -0.1) is 0 Å². The van der Waals surface area contributed by atoms with Crippen LogP contribution in [-0.2, 0) is 32.6 Å². The zero-order valence-electron chi connectivity index (χ0n) is 19.9. The van der Waals surface area contributed by atoms with E-state index < -0.39 is 34.3 Å². The van der Waals surface area contributed by atoms with Gasteiger partial charge in [-0.2, -0.15) is 0 Å². The van der Waals surface area contributed by atoms with Crippen LogP contribution in [0.5, 0.6) is 0 Å². The Balaban J connectivity index is 2.02. The Bertz CT molecular complexity index is 1300. The van der Waals surface area contributed by atoms with Crippen LogP contribution < -0.4 is 9.62 Å². The summed E-state index contributed by atoms with van der Waals surface area (Å²) in [6.07, 6.45) is 1.21. The summed E-state index contributed by atoms with van der Waals surface area (Å²) in [4.78, 5) is 28.1. The van der Waals surface area contributed by atoms with Gasteiger partial charge >= 0.3 is 0 Å². The number of halogens is 2. The molecular formula is C26H27BrFN3O4S. The van der Waals surface area contributed by atoms with Crippen molar-refractivity contribution < 1.29 is 22.4 Å². The fourth-order valence-electron chi connectivity index (χ4n) is 3.77. The van der Waals surface area contributed by atoms with Gasteiger partial charge in [-0.1, -0.05) is 58.4 Å². The third kappa shape index (κ3) is 7.38. The molecule has 1 atom stereocenters. The van der Waals surface area contributed by atoms with E-state index in [2.05, 4.69) is 21.2 Å². The molecule has 10 heteroatoms. The van der Waals surface area contributed by atoms with Gasteiger partial charge in [-0.25, -0.2) is 12.8 Å². The minimum Gasteiger partial charge on any atom is -0.357 e. The highest BCUT2D eigenvalue weighted by atomic mass is 79.9. The molecule has 1 N–H and O–H groups in total. The molecule has 0 saturated heterocycles. The molecule has 0 saturated carbocycles. The van der Waals surface area contributed by atoms with Gasteiger partial charge in [0.05, 0.1) is 11.9 Å². The Hall–Kier alpha value is -3.24. The summed E-state index contributed by atoms with van der Waals surface area (Å²) < 4.78 is 40.4. The van der Waals surface area contributed by atoms with Crippen LogP contribution in [0.1, 0.15) is 11.1 Å². The highest BCUT2D eigenvalue weighted by Crippen LogP contribution is 2.21. The summed E-state index contributed by atoms with van der Waals surface area (Å²) >= 11 is 3.42. The van der Waals surface area contributed by atoms with Crippen molar-refractivity contribution in [3.05, 3.63) is 100 Å². The van der Waals surface area contributed by atoms with Gasteiger partial charge in [0.2, 0.25) is 21.8 Å². The number of nitrogens with zero attached hydrogens (tertiary/aromatic N) is 2. The number of benzene rings is 3. The molecule has 3 aromatic rings. The first-order valence-corrected chi connectivity index (χ1v) is 13.8. The van der Waals surface area contributed by atoms with Gasteiger partial charge in [0.15, 0.2) is 0 Å². The third-order valence-corrected chi connectivity index (χ3v) is 7.19. The number of anilines is 1. The number of likely N-dealkylation sites (N-methyl/N-ethyl adjacent to an activating group) is 1. The topological polar surface area (TPSA) is 86.8 Å². The molecule has 0 aliphatic rings. The number of sulfonamides is 1. The first-order valence-electron chi connectivity index (χ1n) is 11.1. The lowest BCUT2D eigenvalue weighted by atomic mass is 10.0. The maximum Gasteiger partial charge on any atom is 0.244 e. The highest BCUT2D eigenvalue weighted by Gasteiger charge is 2.32. The molecule has 36 heavy (non-hydrogen) atoms. The van der Waals surface area contributed by atoms with Crippen molar-refractivity contribution in [1.29, 1.82) is 0 Å². The number of rotatable bonds is 10. The largest absolute Gasteiger partial charge is 0.357 e. The average Bonchev–Trinajstić information content (AvgIpc) is 2.84. The van der Waals surface area contributed by atoms with Gasteiger partial charge in [0.25, 0.3) is 0 Å². The molecule has 190 valence electrons. The smallest absolute Gasteiger partial charge is 0.244 e. The molecule has 0 unspecified atom stereocenters. The Kier molecular flexibility index (Phi) is 9.22. The van der Waals surface area contributed by atoms with Crippen LogP contribution in [0.4, 0.5) is 10.1 Å². The van der Waals surface area contributed by atoms with E-state index in [1.54, 1.807) is 0 Å². The van der Waals surface area contributed by atoms with Gasteiger partial charge in [-0.05, 0) is 47.5 Å². The van der Waals surface area contributed by atoms with Gasteiger partial charge in [0, 0.05) is 24.5 Å². The monoisotopic (exact) mass is 575 g/mol. The van der Waals surface area contributed by atoms with E-state index in [0.29, 0.717) is 0 Å². The number of hydrogen-bond donors (Lipinski definition) is 1. The lowest BCUT2D eigenvalue weighted by molar-refractivity contribution is -0.139. The standard InChI is InChI=1S/C26H27BrFN3O4S/c1-29-26(33)24(16-19-7-4-3-5-8-19)30(17-20-9-6-10-21(27)15-20)25(32)18-31(36(2,34)35)23-13-11-22(28)12-14-23/h3-15,24H,16-18H2,1-2H3,(H,29,33)/t24-/m1/s1. The van der Waals surface area contributed by atoms with E-state index in [9.17, 15) is 22.4 Å². The van der Waals surface area contributed by atoms with Crippen molar-refractivity contribution >= 4 is 43.5 Å². The summed E-state index contributed by atoms with van der Waals surface area (Å²) in [5.74, 6) is -1.48. The van der Waals surface area contributed by atoms with E-state index in [1.807, 2.05) is 54.6 Å². The number of carbonyl (C=O) groups excluding carboxylic acids is 2. The molecule has 0 aliphatic heterocycles. The second-order valence-corrected chi connectivity index (χ2v) is 11.0. The SMILES string of the molecule is CNC(=O)[C@@H](Cc1ccccc1)N(Cc1cccc(Br)c1)C(=O)CN(c1ccc(F)cc1)S(C)(=O)=O.